The molecule has 25 heavy (non-hydrogen) atoms. The predicted octanol–water partition coefficient (Wildman–Crippen LogP) is 3.11. The Morgan fingerprint density at radius 1 is 1.36 bits per heavy atom. The van der Waals surface area contributed by atoms with Crippen molar-refractivity contribution in [2.24, 2.45) is 0 Å². The van der Waals surface area contributed by atoms with Gasteiger partial charge in [0.15, 0.2) is 0 Å². The number of aliphatic hydroxyl groups excluding tert-OH is 1. The first-order chi connectivity index (χ1) is 12.1. The van der Waals surface area contributed by atoms with E-state index in [9.17, 15) is 9.90 Å². The third-order valence-electron chi connectivity index (χ3n) is 5.03. The van der Waals surface area contributed by atoms with Gasteiger partial charge in [0.1, 0.15) is 24.0 Å². The molecule has 1 aromatic carbocycles. The zero-order chi connectivity index (χ0) is 17.8. The smallest absolute Gasteiger partial charge is 0.336 e. The van der Waals surface area contributed by atoms with Crippen LogP contribution in [-0.4, -0.2) is 41.8 Å². The summed E-state index contributed by atoms with van der Waals surface area (Å²) >= 11 is 0. The van der Waals surface area contributed by atoms with Crippen LogP contribution in [0, 0.1) is 6.92 Å². The fraction of sp³-hybridized carbons (Fsp3) is 0.550. The molecule has 136 valence electrons. The van der Waals surface area contributed by atoms with Gasteiger partial charge in [-0.15, -0.1) is 0 Å². The molecule has 0 radical (unpaired) electrons. The fourth-order valence-corrected chi connectivity index (χ4v) is 3.67. The van der Waals surface area contributed by atoms with E-state index >= 15 is 0 Å². The van der Waals surface area contributed by atoms with Gasteiger partial charge in [-0.05, 0) is 50.4 Å². The Kier molecular flexibility index (Phi) is 5.76. The maximum Gasteiger partial charge on any atom is 0.336 e. The summed E-state index contributed by atoms with van der Waals surface area (Å²) in [5.74, 6) is 0.603. The van der Waals surface area contributed by atoms with E-state index in [-0.39, 0.29) is 12.2 Å². The van der Waals surface area contributed by atoms with Crippen molar-refractivity contribution in [2.75, 3.05) is 19.7 Å². The lowest BCUT2D eigenvalue weighted by molar-refractivity contribution is 0.0388. The van der Waals surface area contributed by atoms with Crippen molar-refractivity contribution in [1.29, 1.82) is 0 Å². The van der Waals surface area contributed by atoms with Crippen molar-refractivity contribution in [3.63, 3.8) is 0 Å². The number of ether oxygens (including phenoxy) is 1. The van der Waals surface area contributed by atoms with Crippen LogP contribution in [0.1, 0.15) is 38.2 Å². The van der Waals surface area contributed by atoms with E-state index in [2.05, 4.69) is 11.8 Å². The number of likely N-dealkylation sites (tertiary alicyclic amines) is 1. The molecular weight excluding hydrogens is 318 g/mol. The van der Waals surface area contributed by atoms with Gasteiger partial charge in [-0.3, -0.25) is 4.90 Å². The lowest BCUT2D eigenvalue weighted by atomic mass is 10.00. The number of hydrogen-bond donors (Lipinski definition) is 1. The van der Waals surface area contributed by atoms with Crippen LogP contribution in [0.3, 0.4) is 0 Å². The van der Waals surface area contributed by atoms with Gasteiger partial charge in [-0.25, -0.2) is 4.79 Å². The van der Waals surface area contributed by atoms with Gasteiger partial charge in [-0.2, -0.15) is 0 Å². The lowest BCUT2D eigenvalue weighted by Gasteiger charge is -2.36. The SMILES string of the molecule is CC[C@H]1CCCCN1C[C@H](O)COc1ccc2c(C)cc(=O)oc2c1. The Morgan fingerprint density at radius 2 is 2.20 bits per heavy atom. The zero-order valence-electron chi connectivity index (χ0n) is 15.0. The van der Waals surface area contributed by atoms with Gasteiger partial charge in [0.2, 0.25) is 0 Å². The average molecular weight is 345 g/mol. The molecule has 1 fully saturated rings. The number of hydrogen-bond acceptors (Lipinski definition) is 5. The fourth-order valence-electron chi connectivity index (χ4n) is 3.67. The number of aryl methyl sites for hydroxylation is 1. The summed E-state index contributed by atoms with van der Waals surface area (Å²) < 4.78 is 11.0. The lowest BCUT2D eigenvalue weighted by Crippen LogP contribution is -2.44. The van der Waals surface area contributed by atoms with E-state index in [0.29, 0.717) is 23.9 Å². The van der Waals surface area contributed by atoms with Crippen LogP contribution in [-0.2, 0) is 0 Å². The number of benzene rings is 1. The zero-order valence-corrected chi connectivity index (χ0v) is 15.0. The highest BCUT2D eigenvalue weighted by Gasteiger charge is 2.23. The van der Waals surface area contributed by atoms with Crippen molar-refractivity contribution in [2.45, 2.75) is 51.7 Å². The molecule has 2 aromatic rings. The van der Waals surface area contributed by atoms with Crippen LogP contribution in [0.4, 0.5) is 0 Å². The summed E-state index contributed by atoms with van der Waals surface area (Å²) in [6.07, 6.45) is 4.28. The molecule has 0 saturated carbocycles. The topological polar surface area (TPSA) is 62.9 Å². The number of fused-ring (bicyclic) bond motifs is 1. The number of β-amino-alcohol motifs (C(OH)–C–C–N with tert-alkyl or cyclic N) is 1. The second-order valence-electron chi connectivity index (χ2n) is 6.92. The van der Waals surface area contributed by atoms with E-state index in [4.69, 9.17) is 9.15 Å². The Labute approximate surface area is 148 Å². The quantitative estimate of drug-likeness (QED) is 0.815. The second-order valence-corrected chi connectivity index (χ2v) is 6.92. The first-order valence-electron chi connectivity index (χ1n) is 9.16. The normalized spacial score (nSPS) is 19.9. The summed E-state index contributed by atoms with van der Waals surface area (Å²) in [4.78, 5) is 13.9. The number of piperidine rings is 1. The van der Waals surface area contributed by atoms with Crippen LogP contribution < -0.4 is 10.4 Å². The monoisotopic (exact) mass is 345 g/mol. The first-order valence-corrected chi connectivity index (χ1v) is 9.16. The molecule has 1 aliphatic heterocycles. The maximum atomic E-state index is 11.5. The van der Waals surface area contributed by atoms with Crippen molar-refractivity contribution in [3.05, 3.63) is 40.2 Å². The van der Waals surface area contributed by atoms with Crippen LogP contribution >= 0.6 is 0 Å². The van der Waals surface area contributed by atoms with Crippen molar-refractivity contribution in [1.82, 2.24) is 4.90 Å². The molecule has 1 N–H and O–H groups in total. The minimum Gasteiger partial charge on any atom is -0.491 e. The molecule has 3 rings (SSSR count). The standard InChI is InChI=1S/C20H27NO4/c1-3-15-6-4-5-9-21(15)12-16(22)13-24-17-7-8-18-14(2)10-20(23)25-19(18)11-17/h7-8,10-11,15-16,22H,3-6,9,12-13H2,1-2H3/t15-,16-/m0/s1. The van der Waals surface area contributed by atoms with Crippen molar-refractivity contribution >= 4 is 11.0 Å². The van der Waals surface area contributed by atoms with Crippen LogP contribution in [0.2, 0.25) is 0 Å². The molecule has 0 aliphatic carbocycles. The van der Waals surface area contributed by atoms with Crippen LogP contribution in [0.25, 0.3) is 11.0 Å². The summed E-state index contributed by atoms with van der Waals surface area (Å²) in [5, 5.41) is 11.2. The summed E-state index contributed by atoms with van der Waals surface area (Å²) in [5.41, 5.74) is 1.03. The summed E-state index contributed by atoms with van der Waals surface area (Å²) in [7, 11) is 0. The minimum atomic E-state index is -0.535. The third-order valence-corrected chi connectivity index (χ3v) is 5.03. The van der Waals surface area contributed by atoms with Gasteiger partial charge in [-0.1, -0.05) is 13.3 Å². The van der Waals surface area contributed by atoms with Crippen molar-refractivity contribution < 1.29 is 14.3 Å². The molecule has 5 nitrogen and oxygen atoms in total. The first kappa shape index (κ1) is 18.0. The molecule has 1 aromatic heterocycles. The Bertz CT molecular complexity index is 770. The molecule has 5 heteroatoms. The summed E-state index contributed by atoms with van der Waals surface area (Å²) in [6.45, 7) is 6.01. The molecule has 1 saturated heterocycles. The molecule has 0 amide bonds. The number of nitrogens with zero attached hydrogens (tertiary/aromatic N) is 1. The van der Waals surface area contributed by atoms with Gasteiger partial charge in [0.25, 0.3) is 0 Å². The van der Waals surface area contributed by atoms with E-state index in [1.165, 1.54) is 25.3 Å². The highest BCUT2D eigenvalue weighted by Crippen LogP contribution is 2.23. The molecule has 0 spiro atoms. The van der Waals surface area contributed by atoms with Crippen LogP contribution in [0.5, 0.6) is 5.75 Å². The second kappa shape index (κ2) is 8.02. The molecule has 0 unspecified atom stereocenters. The maximum absolute atomic E-state index is 11.5. The Balaban J connectivity index is 1.61. The van der Waals surface area contributed by atoms with Gasteiger partial charge in [0, 0.05) is 30.1 Å². The van der Waals surface area contributed by atoms with Crippen LogP contribution in [0.15, 0.2) is 33.5 Å². The van der Waals surface area contributed by atoms with Gasteiger partial charge >= 0.3 is 5.63 Å². The molecular formula is C20H27NO4. The molecule has 0 bridgehead atoms. The molecule has 2 heterocycles. The predicted molar refractivity (Wildman–Crippen MR) is 98.2 cm³/mol. The Morgan fingerprint density at radius 3 is 3.00 bits per heavy atom. The van der Waals surface area contributed by atoms with Gasteiger partial charge < -0.3 is 14.3 Å². The van der Waals surface area contributed by atoms with Crippen molar-refractivity contribution in [3.8, 4) is 5.75 Å². The number of rotatable bonds is 6. The van der Waals surface area contributed by atoms with Gasteiger partial charge in [0.05, 0.1) is 0 Å². The minimum absolute atomic E-state index is 0.231. The van der Waals surface area contributed by atoms with E-state index < -0.39 is 6.10 Å². The largest absolute Gasteiger partial charge is 0.491 e. The highest BCUT2D eigenvalue weighted by atomic mass is 16.5. The van der Waals surface area contributed by atoms with E-state index in [1.54, 1.807) is 6.07 Å². The molecule has 2 atom stereocenters. The van der Waals surface area contributed by atoms with E-state index in [0.717, 1.165) is 23.9 Å². The third kappa shape index (κ3) is 4.41. The number of aliphatic hydroxyl groups is 1. The molecule has 1 aliphatic rings. The highest BCUT2D eigenvalue weighted by molar-refractivity contribution is 5.81. The Hall–Kier alpha value is -1.85. The summed E-state index contributed by atoms with van der Waals surface area (Å²) in [6, 6.07) is 7.49. The van der Waals surface area contributed by atoms with E-state index in [1.807, 2.05) is 19.1 Å². The average Bonchev–Trinajstić information content (AvgIpc) is 2.60.